The van der Waals surface area contributed by atoms with Crippen LogP contribution in [-0.4, -0.2) is 46.7 Å². The number of aliphatic hydroxyl groups excluding tert-OH is 3. The van der Waals surface area contributed by atoms with E-state index in [0.29, 0.717) is 19.3 Å². The van der Waals surface area contributed by atoms with Crippen molar-refractivity contribution in [1.29, 1.82) is 0 Å². The molecule has 1 aliphatic rings. The highest BCUT2D eigenvalue weighted by Gasteiger charge is 2.39. The number of rotatable bonds is 12. The highest BCUT2D eigenvalue weighted by Crippen LogP contribution is 2.36. The second-order valence-electron chi connectivity index (χ2n) is 7.24. The van der Waals surface area contributed by atoms with Crippen molar-refractivity contribution in [3.8, 4) is 0 Å². The third-order valence-corrected chi connectivity index (χ3v) is 5.13. The lowest BCUT2D eigenvalue weighted by Crippen LogP contribution is -2.20. The Morgan fingerprint density at radius 2 is 1.96 bits per heavy atom. The van der Waals surface area contributed by atoms with E-state index < -0.39 is 18.3 Å². The summed E-state index contributed by atoms with van der Waals surface area (Å²) in [7, 11) is 1.39. The third kappa shape index (κ3) is 8.47. The number of methoxy groups -OCH3 is 1. The number of hydrogen-bond acceptors (Lipinski definition) is 5. The van der Waals surface area contributed by atoms with Gasteiger partial charge in [-0.05, 0) is 31.6 Å². The SMILES string of the molecule is CCCCC[C@H](O)C=C[C@@H]1[C@@H](CC=CCCCC(=O)OC)[C@@H](O)C[C@H]1O. The molecule has 0 heterocycles. The van der Waals surface area contributed by atoms with Crippen LogP contribution in [0.2, 0.25) is 0 Å². The van der Waals surface area contributed by atoms with Gasteiger partial charge < -0.3 is 20.1 Å². The minimum Gasteiger partial charge on any atom is -0.469 e. The van der Waals surface area contributed by atoms with Gasteiger partial charge in [-0.15, -0.1) is 0 Å². The van der Waals surface area contributed by atoms with Crippen LogP contribution < -0.4 is 0 Å². The fourth-order valence-electron chi connectivity index (χ4n) is 3.50. The quantitative estimate of drug-likeness (QED) is 0.280. The number of aliphatic hydroxyl groups is 3. The van der Waals surface area contributed by atoms with Gasteiger partial charge in [0.25, 0.3) is 0 Å². The van der Waals surface area contributed by atoms with Crippen molar-refractivity contribution in [2.45, 2.75) is 83.0 Å². The maximum atomic E-state index is 11.1. The predicted molar refractivity (Wildman–Crippen MR) is 103 cm³/mol. The van der Waals surface area contributed by atoms with E-state index in [-0.39, 0.29) is 17.8 Å². The molecule has 5 heteroatoms. The average Bonchev–Trinajstić information content (AvgIpc) is 2.89. The Balaban J connectivity index is 2.44. The maximum Gasteiger partial charge on any atom is 0.305 e. The van der Waals surface area contributed by atoms with Crippen LogP contribution in [0.4, 0.5) is 0 Å². The highest BCUT2D eigenvalue weighted by molar-refractivity contribution is 5.69. The third-order valence-electron chi connectivity index (χ3n) is 5.13. The topological polar surface area (TPSA) is 87.0 Å². The number of carbonyl (C=O) groups is 1. The number of hydrogen-bond donors (Lipinski definition) is 3. The molecule has 1 saturated carbocycles. The van der Waals surface area contributed by atoms with Gasteiger partial charge in [0, 0.05) is 18.8 Å². The summed E-state index contributed by atoms with van der Waals surface area (Å²) in [5.41, 5.74) is 0. The van der Waals surface area contributed by atoms with Gasteiger partial charge >= 0.3 is 5.97 Å². The van der Waals surface area contributed by atoms with Crippen LogP contribution in [0.1, 0.15) is 64.7 Å². The first kappa shape index (κ1) is 22.9. The highest BCUT2D eigenvalue weighted by atomic mass is 16.5. The van der Waals surface area contributed by atoms with Gasteiger partial charge in [0.2, 0.25) is 0 Å². The molecular formula is C21H36O5. The van der Waals surface area contributed by atoms with Crippen LogP contribution in [0.3, 0.4) is 0 Å². The number of allylic oxidation sites excluding steroid dienone is 2. The van der Waals surface area contributed by atoms with E-state index in [1.807, 2.05) is 18.2 Å². The summed E-state index contributed by atoms with van der Waals surface area (Å²) in [5, 5.41) is 30.5. The minimum absolute atomic E-state index is 0.0408. The summed E-state index contributed by atoms with van der Waals surface area (Å²) in [4.78, 5) is 11.1. The largest absolute Gasteiger partial charge is 0.469 e. The molecule has 3 N–H and O–H groups in total. The van der Waals surface area contributed by atoms with E-state index in [1.165, 1.54) is 7.11 Å². The predicted octanol–water partition coefficient (Wildman–Crippen LogP) is 3.13. The molecule has 0 aromatic rings. The molecule has 1 aliphatic carbocycles. The lowest BCUT2D eigenvalue weighted by Gasteiger charge is -2.19. The number of carbonyl (C=O) groups excluding carboxylic acids is 1. The van der Waals surface area contributed by atoms with E-state index >= 15 is 0 Å². The van der Waals surface area contributed by atoms with Crippen LogP contribution >= 0.6 is 0 Å². The number of ether oxygens (including phenoxy) is 1. The van der Waals surface area contributed by atoms with Gasteiger partial charge in [0.15, 0.2) is 0 Å². The van der Waals surface area contributed by atoms with E-state index in [9.17, 15) is 20.1 Å². The molecule has 0 spiro atoms. The number of unbranched alkanes of at least 4 members (excludes halogenated alkanes) is 3. The van der Waals surface area contributed by atoms with Crippen molar-refractivity contribution in [2.24, 2.45) is 11.8 Å². The Morgan fingerprint density at radius 1 is 1.19 bits per heavy atom. The zero-order chi connectivity index (χ0) is 19.4. The second-order valence-corrected chi connectivity index (χ2v) is 7.24. The van der Waals surface area contributed by atoms with E-state index in [1.54, 1.807) is 6.08 Å². The molecule has 0 radical (unpaired) electrons. The molecule has 0 aliphatic heterocycles. The van der Waals surface area contributed by atoms with Crippen LogP contribution in [-0.2, 0) is 9.53 Å². The molecule has 1 rings (SSSR count). The van der Waals surface area contributed by atoms with Gasteiger partial charge in [0.05, 0.1) is 25.4 Å². The lowest BCUT2D eigenvalue weighted by atomic mass is 9.89. The van der Waals surface area contributed by atoms with Crippen LogP contribution in [0.5, 0.6) is 0 Å². The molecular weight excluding hydrogens is 332 g/mol. The fraction of sp³-hybridized carbons (Fsp3) is 0.762. The first-order chi connectivity index (χ1) is 12.5. The summed E-state index contributed by atoms with van der Waals surface area (Å²) in [6.07, 6.45) is 13.1. The van der Waals surface area contributed by atoms with Crippen molar-refractivity contribution in [2.75, 3.05) is 7.11 Å². The monoisotopic (exact) mass is 368 g/mol. The Morgan fingerprint density at radius 3 is 2.65 bits per heavy atom. The van der Waals surface area contributed by atoms with Gasteiger partial charge in [-0.25, -0.2) is 0 Å². The molecule has 26 heavy (non-hydrogen) atoms. The normalized spacial score (nSPS) is 27.4. The standard InChI is InChI=1S/C21H36O5/c1-3-4-7-10-16(22)13-14-18-17(19(23)15-20(18)24)11-8-5-6-9-12-21(25)26-2/h5,8,13-14,16-20,22-24H,3-4,6-7,9-12,15H2,1-2H3/t16-,17+,18+,19-,20+/m0/s1. The molecule has 0 unspecified atom stereocenters. The molecule has 0 aromatic carbocycles. The Kier molecular flexibility index (Phi) is 11.5. The Bertz CT molecular complexity index is 446. The van der Waals surface area contributed by atoms with Crippen molar-refractivity contribution >= 4 is 5.97 Å². The summed E-state index contributed by atoms with van der Waals surface area (Å²) < 4.78 is 4.60. The minimum atomic E-state index is -0.568. The van der Waals surface area contributed by atoms with E-state index in [2.05, 4.69) is 11.7 Å². The van der Waals surface area contributed by atoms with Crippen LogP contribution in [0.25, 0.3) is 0 Å². The van der Waals surface area contributed by atoms with Gasteiger partial charge in [-0.2, -0.15) is 0 Å². The van der Waals surface area contributed by atoms with E-state index in [0.717, 1.165) is 38.5 Å². The van der Waals surface area contributed by atoms with Crippen molar-refractivity contribution in [3.63, 3.8) is 0 Å². The van der Waals surface area contributed by atoms with Crippen molar-refractivity contribution < 1.29 is 24.9 Å². The molecule has 1 fully saturated rings. The molecule has 150 valence electrons. The Hall–Kier alpha value is -1.17. The smallest absolute Gasteiger partial charge is 0.305 e. The van der Waals surface area contributed by atoms with Gasteiger partial charge in [-0.1, -0.05) is 50.5 Å². The van der Waals surface area contributed by atoms with E-state index in [4.69, 9.17) is 0 Å². The second kappa shape index (κ2) is 13.1. The summed E-state index contributed by atoms with van der Waals surface area (Å²) in [6, 6.07) is 0. The van der Waals surface area contributed by atoms with Crippen molar-refractivity contribution in [1.82, 2.24) is 0 Å². The fourth-order valence-corrected chi connectivity index (χ4v) is 3.50. The van der Waals surface area contributed by atoms with Crippen LogP contribution in [0, 0.1) is 11.8 Å². The van der Waals surface area contributed by atoms with Crippen LogP contribution in [0.15, 0.2) is 24.3 Å². The first-order valence-electron chi connectivity index (χ1n) is 9.93. The summed E-state index contributed by atoms with van der Waals surface area (Å²) >= 11 is 0. The zero-order valence-corrected chi connectivity index (χ0v) is 16.2. The average molecular weight is 369 g/mol. The molecule has 0 saturated heterocycles. The summed E-state index contributed by atoms with van der Waals surface area (Å²) in [6.45, 7) is 2.13. The molecule has 5 nitrogen and oxygen atoms in total. The first-order valence-corrected chi connectivity index (χ1v) is 9.93. The lowest BCUT2D eigenvalue weighted by molar-refractivity contribution is -0.140. The molecule has 0 aromatic heterocycles. The summed E-state index contributed by atoms with van der Waals surface area (Å²) in [5.74, 6) is -0.373. The number of esters is 1. The molecule has 0 amide bonds. The van der Waals surface area contributed by atoms with Gasteiger partial charge in [-0.3, -0.25) is 4.79 Å². The molecule has 0 bridgehead atoms. The van der Waals surface area contributed by atoms with Gasteiger partial charge in [0.1, 0.15) is 0 Å². The zero-order valence-electron chi connectivity index (χ0n) is 16.2. The molecule has 5 atom stereocenters. The Labute approximate surface area is 157 Å². The maximum absolute atomic E-state index is 11.1. The van der Waals surface area contributed by atoms with Crippen molar-refractivity contribution in [3.05, 3.63) is 24.3 Å².